The van der Waals surface area contributed by atoms with E-state index in [2.05, 4.69) is 29.6 Å². The van der Waals surface area contributed by atoms with Crippen molar-refractivity contribution < 1.29 is 14.2 Å². The summed E-state index contributed by atoms with van der Waals surface area (Å²) in [4.78, 5) is 4.72. The smallest absolute Gasteiger partial charge is 0.203 e. The highest BCUT2D eigenvalue weighted by Crippen LogP contribution is 2.39. The lowest BCUT2D eigenvalue weighted by Gasteiger charge is -2.16. The van der Waals surface area contributed by atoms with Crippen LogP contribution in [-0.4, -0.2) is 50.2 Å². The van der Waals surface area contributed by atoms with E-state index < -0.39 is 0 Å². The Labute approximate surface area is 196 Å². The molecule has 9 heteroatoms. The van der Waals surface area contributed by atoms with Crippen LogP contribution in [0, 0.1) is 13.8 Å². The number of hydrogen-bond donors (Lipinski definition) is 2. The second-order valence-electron chi connectivity index (χ2n) is 6.64. The molecule has 1 aromatic carbocycles. The molecule has 0 aliphatic heterocycles. The van der Waals surface area contributed by atoms with Crippen molar-refractivity contribution in [3.63, 3.8) is 0 Å². The standard InChI is InChI=1S/C21H33N5O3.HI/c1-8-22-21(24-13-17-14(2)25-26(4)15(17)3)23-12-11-16-9-10-18(27-5)20(29-7)19(16)28-6;/h9-10H,8,11-13H2,1-7H3,(H2,22,23,24);1H. The highest BCUT2D eigenvalue weighted by Gasteiger charge is 2.15. The minimum Gasteiger partial charge on any atom is -0.493 e. The fourth-order valence-corrected chi connectivity index (χ4v) is 3.22. The van der Waals surface area contributed by atoms with Crippen LogP contribution >= 0.6 is 24.0 Å². The first-order valence-electron chi connectivity index (χ1n) is 9.75. The zero-order chi connectivity index (χ0) is 21.4. The maximum absolute atomic E-state index is 5.56. The SMILES string of the molecule is CCNC(=NCc1c(C)nn(C)c1C)NCCc1ccc(OC)c(OC)c1OC.I. The van der Waals surface area contributed by atoms with Crippen molar-refractivity contribution in [1.82, 2.24) is 20.4 Å². The molecule has 1 heterocycles. The molecule has 30 heavy (non-hydrogen) atoms. The zero-order valence-corrected chi connectivity index (χ0v) is 21.3. The number of nitrogens with one attached hydrogen (secondary N) is 2. The van der Waals surface area contributed by atoms with Crippen LogP contribution in [0.2, 0.25) is 0 Å². The van der Waals surface area contributed by atoms with Gasteiger partial charge in [-0.25, -0.2) is 4.99 Å². The molecule has 0 fully saturated rings. The van der Waals surface area contributed by atoms with Gasteiger partial charge in [0.25, 0.3) is 0 Å². The van der Waals surface area contributed by atoms with E-state index in [4.69, 9.17) is 19.2 Å². The number of aromatic nitrogens is 2. The average Bonchev–Trinajstić information content (AvgIpc) is 2.96. The molecule has 0 radical (unpaired) electrons. The van der Waals surface area contributed by atoms with Gasteiger partial charge in [0.1, 0.15) is 0 Å². The van der Waals surface area contributed by atoms with E-state index in [0.717, 1.165) is 41.4 Å². The van der Waals surface area contributed by atoms with Crippen LogP contribution in [0.3, 0.4) is 0 Å². The minimum atomic E-state index is 0. The van der Waals surface area contributed by atoms with Gasteiger partial charge in [-0.2, -0.15) is 5.10 Å². The van der Waals surface area contributed by atoms with Gasteiger partial charge in [-0.15, -0.1) is 24.0 Å². The molecule has 2 aromatic rings. The maximum atomic E-state index is 5.56. The van der Waals surface area contributed by atoms with Gasteiger partial charge in [-0.05, 0) is 33.3 Å². The molecule has 168 valence electrons. The molecule has 0 aliphatic rings. The summed E-state index contributed by atoms with van der Waals surface area (Å²) < 4.78 is 18.3. The Morgan fingerprint density at radius 1 is 1.07 bits per heavy atom. The van der Waals surface area contributed by atoms with Crippen molar-refractivity contribution in [3.8, 4) is 17.2 Å². The number of rotatable bonds is 9. The number of aryl methyl sites for hydroxylation is 2. The summed E-state index contributed by atoms with van der Waals surface area (Å²) in [7, 11) is 6.82. The second-order valence-corrected chi connectivity index (χ2v) is 6.64. The first kappa shape index (κ1) is 25.9. The van der Waals surface area contributed by atoms with Gasteiger partial charge < -0.3 is 24.8 Å². The number of nitrogens with zero attached hydrogens (tertiary/aromatic N) is 3. The number of ether oxygens (including phenoxy) is 3. The normalized spacial score (nSPS) is 11.0. The lowest BCUT2D eigenvalue weighted by Crippen LogP contribution is -2.38. The van der Waals surface area contributed by atoms with Gasteiger partial charge in [-0.1, -0.05) is 6.07 Å². The molecular formula is C21H34IN5O3. The third-order valence-electron chi connectivity index (χ3n) is 4.87. The van der Waals surface area contributed by atoms with Crippen LogP contribution in [0.1, 0.15) is 29.4 Å². The van der Waals surface area contributed by atoms with Crippen LogP contribution in [-0.2, 0) is 20.0 Å². The molecule has 2 N–H and O–H groups in total. The first-order valence-corrected chi connectivity index (χ1v) is 9.75. The van der Waals surface area contributed by atoms with Crippen molar-refractivity contribution in [2.24, 2.45) is 12.0 Å². The molecule has 0 atom stereocenters. The van der Waals surface area contributed by atoms with Gasteiger partial charge in [0.05, 0.1) is 33.6 Å². The molecule has 1 aromatic heterocycles. The number of aliphatic imine (C=N–C) groups is 1. The van der Waals surface area contributed by atoms with Crippen LogP contribution in [0.4, 0.5) is 0 Å². The first-order chi connectivity index (χ1) is 14.0. The molecule has 0 aliphatic carbocycles. The van der Waals surface area contributed by atoms with E-state index in [0.29, 0.717) is 30.3 Å². The summed E-state index contributed by atoms with van der Waals surface area (Å²) in [5.74, 6) is 2.72. The number of benzene rings is 1. The van der Waals surface area contributed by atoms with Gasteiger partial charge in [0.15, 0.2) is 17.5 Å². The Morgan fingerprint density at radius 2 is 1.77 bits per heavy atom. The van der Waals surface area contributed by atoms with E-state index in [1.807, 2.05) is 30.8 Å². The average molecular weight is 531 g/mol. The molecule has 0 saturated carbocycles. The predicted molar refractivity (Wildman–Crippen MR) is 131 cm³/mol. The van der Waals surface area contributed by atoms with Crippen molar-refractivity contribution >= 4 is 29.9 Å². The van der Waals surface area contributed by atoms with E-state index >= 15 is 0 Å². The highest BCUT2D eigenvalue weighted by molar-refractivity contribution is 14.0. The Balaban J connectivity index is 0.00000450. The quantitative estimate of drug-likeness (QED) is 0.294. The lowest BCUT2D eigenvalue weighted by atomic mass is 10.1. The topological polar surface area (TPSA) is 81.9 Å². The molecule has 2 rings (SSSR count). The van der Waals surface area contributed by atoms with Crippen molar-refractivity contribution in [2.75, 3.05) is 34.4 Å². The second kappa shape index (κ2) is 12.5. The van der Waals surface area contributed by atoms with Crippen molar-refractivity contribution in [3.05, 3.63) is 34.6 Å². The van der Waals surface area contributed by atoms with E-state index in [1.165, 1.54) is 0 Å². The Morgan fingerprint density at radius 3 is 2.30 bits per heavy atom. The summed E-state index contributed by atoms with van der Waals surface area (Å²) in [5.41, 5.74) is 4.34. The lowest BCUT2D eigenvalue weighted by molar-refractivity contribution is 0.322. The van der Waals surface area contributed by atoms with Gasteiger partial charge in [-0.3, -0.25) is 4.68 Å². The van der Waals surface area contributed by atoms with Crippen LogP contribution < -0.4 is 24.8 Å². The monoisotopic (exact) mass is 531 g/mol. The maximum Gasteiger partial charge on any atom is 0.203 e. The molecule has 0 amide bonds. The summed E-state index contributed by atoms with van der Waals surface area (Å²) in [5, 5.41) is 11.1. The summed E-state index contributed by atoms with van der Waals surface area (Å²) >= 11 is 0. The minimum absolute atomic E-state index is 0. The van der Waals surface area contributed by atoms with Gasteiger partial charge in [0.2, 0.25) is 5.75 Å². The molecule has 0 saturated heterocycles. The van der Waals surface area contributed by atoms with Gasteiger partial charge in [0, 0.05) is 37.0 Å². The number of halogens is 1. The van der Waals surface area contributed by atoms with Crippen LogP contribution in [0.5, 0.6) is 17.2 Å². The van der Waals surface area contributed by atoms with Gasteiger partial charge >= 0.3 is 0 Å². The number of hydrogen-bond acceptors (Lipinski definition) is 5. The largest absolute Gasteiger partial charge is 0.493 e. The summed E-state index contributed by atoms with van der Waals surface area (Å²) in [6, 6.07) is 3.89. The van der Waals surface area contributed by atoms with Crippen LogP contribution in [0.15, 0.2) is 17.1 Å². The summed E-state index contributed by atoms with van der Waals surface area (Å²) in [6.07, 6.45) is 0.749. The number of guanidine groups is 1. The van der Waals surface area contributed by atoms with Crippen molar-refractivity contribution in [2.45, 2.75) is 33.7 Å². The third-order valence-corrected chi connectivity index (χ3v) is 4.87. The van der Waals surface area contributed by atoms with Crippen LogP contribution in [0.25, 0.3) is 0 Å². The Bertz CT molecular complexity index is 852. The molecule has 8 nitrogen and oxygen atoms in total. The molecular weight excluding hydrogens is 497 g/mol. The fraction of sp³-hybridized carbons (Fsp3) is 0.524. The third kappa shape index (κ3) is 6.16. The Kier molecular flexibility index (Phi) is 10.8. The molecule has 0 unspecified atom stereocenters. The van der Waals surface area contributed by atoms with Crippen molar-refractivity contribution in [1.29, 1.82) is 0 Å². The van der Waals surface area contributed by atoms with E-state index in [9.17, 15) is 0 Å². The number of methoxy groups -OCH3 is 3. The van der Waals surface area contributed by atoms with E-state index in [1.54, 1.807) is 21.3 Å². The van der Waals surface area contributed by atoms with E-state index in [-0.39, 0.29) is 24.0 Å². The molecule has 0 spiro atoms. The summed E-state index contributed by atoms with van der Waals surface area (Å²) in [6.45, 7) is 8.20. The molecule has 0 bridgehead atoms. The predicted octanol–water partition coefficient (Wildman–Crippen LogP) is 2.98. The zero-order valence-electron chi connectivity index (χ0n) is 19.0. The fourth-order valence-electron chi connectivity index (χ4n) is 3.22. The Hall–Kier alpha value is -2.17. The highest BCUT2D eigenvalue weighted by atomic mass is 127.